The number of aromatic nitrogens is 2. The molecule has 36 heavy (non-hydrogen) atoms. The van der Waals surface area contributed by atoms with Crippen LogP contribution in [0.5, 0.6) is 11.5 Å². The van der Waals surface area contributed by atoms with Crippen molar-refractivity contribution in [2.75, 3.05) is 57.7 Å². The first-order valence-corrected chi connectivity index (χ1v) is 11.9. The largest absolute Gasteiger partial charge is 0.493 e. The summed E-state index contributed by atoms with van der Waals surface area (Å²) in [5.41, 5.74) is 7.41. The van der Waals surface area contributed by atoms with E-state index in [-0.39, 0.29) is 17.8 Å². The van der Waals surface area contributed by atoms with E-state index in [0.29, 0.717) is 28.8 Å². The second kappa shape index (κ2) is 11.1. The lowest BCUT2D eigenvalue weighted by Crippen LogP contribution is -2.47. The number of methoxy groups -OCH3 is 2. The van der Waals surface area contributed by atoms with Crippen molar-refractivity contribution in [1.82, 2.24) is 15.3 Å². The van der Waals surface area contributed by atoms with Gasteiger partial charge in [0.1, 0.15) is 0 Å². The Morgan fingerprint density at radius 1 is 1.17 bits per heavy atom. The molecular weight excluding hydrogens is 456 g/mol. The van der Waals surface area contributed by atoms with Crippen LogP contribution in [0.15, 0.2) is 42.5 Å². The molecule has 10 nitrogen and oxygen atoms in total. The number of nitrogens with one attached hydrogen (secondary N) is 3. The second-order valence-corrected chi connectivity index (χ2v) is 8.93. The van der Waals surface area contributed by atoms with E-state index in [1.165, 1.54) is 5.56 Å². The van der Waals surface area contributed by atoms with Crippen LogP contribution in [0.25, 0.3) is 15.7 Å². The number of piperidine rings is 1. The van der Waals surface area contributed by atoms with Crippen molar-refractivity contribution >= 4 is 28.5 Å². The molecule has 0 unspecified atom stereocenters. The Labute approximate surface area is 211 Å². The SMILES string of the molecule is COc1cc2nc(N(C)CC3(c4ccccc4)CCNCC3)nc(NC#[N+]CC(=N)N)c2cc1OC. The topological polar surface area (TPSA) is 126 Å². The minimum Gasteiger partial charge on any atom is -0.493 e. The summed E-state index contributed by atoms with van der Waals surface area (Å²) in [7, 11) is 5.20. The van der Waals surface area contributed by atoms with E-state index in [1.54, 1.807) is 14.2 Å². The molecule has 1 saturated heterocycles. The van der Waals surface area contributed by atoms with Crippen LogP contribution in [0.3, 0.4) is 0 Å². The summed E-state index contributed by atoms with van der Waals surface area (Å²) in [4.78, 5) is 15.8. The molecule has 1 aliphatic heterocycles. The minimum absolute atomic E-state index is 0.0140. The number of rotatable bonds is 8. The summed E-state index contributed by atoms with van der Waals surface area (Å²) < 4.78 is 11.0. The number of hydrogen-bond donors (Lipinski definition) is 4. The average Bonchev–Trinajstić information content (AvgIpc) is 2.90. The van der Waals surface area contributed by atoms with Crippen LogP contribution in [0.4, 0.5) is 11.8 Å². The van der Waals surface area contributed by atoms with Crippen LogP contribution in [-0.4, -0.2) is 63.2 Å². The summed E-state index contributed by atoms with van der Waals surface area (Å²) in [5.74, 6) is 2.19. The third-order valence-electron chi connectivity index (χ3n) is 6.52. The van der Waals surface area contributed by atoms with Gasteiger partial charge in [-0.15, -0.1) is 0 Å². The molecule has 0 spiro atoms. The molecule has 188 valence electrons. The molecule has 1 fully saturated rings. The molecule has 0 saturated carbocycles. The number of anilines is 2. The number of benzene rings is 2. The third kappa shape index (κ3) is 5.42. The normalized spacial score (nSPS) is 14.4. The highest BCUT2D eigenvalue weighted by atomic mass is 16.5. The number of likely N-dealkylation sites (N-methyl/N-ethyl adjacent to an activating group) is 1. The first-order chi connectivity index (χ1) is 17.5. The fourth-order valence-electron chi connectivity index (χ4n) is 4.69. The first-order valence-electron chi connectivity index (χ1n) is 11.9. The molecule has 2 heterocycles. The van der Waals surface area contributed by atoms with Gasteiger partial charge < -0.3 is 25.4 Å². The van der Waals surface area contributed by atoms with Crippen molar-refractivity contribution in [2.45, 2.75) is 18.3 Å². The zero-order valence-corrected chi connectivity index (χ0v) is 21.0. The lowest BCUT2D eigenvalue weighted by atomic mass is 9.73. The molecule has 10 heteroatoms. The van der Waals surface area contributed by atoms with Crippen molar-refractivity contribution in [3.8, 4) is 17.7 Å². The zero-order valence-electron chi connectivity index (χ0n) is 21.0. The Bertz CT molecular complexity index is 1280. The van der Waals surface area contributed by atoms with E-state index in [9.17, 15) is 0 Å². The number of nitrogens with two attached hydrogens (primary N) is 1. The monoisotopic (exact) mass is 489 g/mol. The summed E-state index contributed by atoms with van der Waals surface area (Å²) in [5, 5.41) is 14.6. The Balaban J connectivity index is 1.74. The first kappa shape index (κ1) is 25.0. The van der Waals surface area contributed by atoms with Crippen LogP contribution in [0, 0.1) is 11.6 Å². The molecule has 0 radical (unpaired) electrons. The quantitative estimate of drug-likeness (QED) is 0.165. The fraction of sp³-hybridized carbons (Fsp3) is 0.385. The molecule has 5 N–H and O–H groups in total. The molecular formula is C26H33N8O2+. The Hall–Kier alpha value is -4.10. The molecule has 1 aliphatic rings. The maximum atomic E-state index is 7.36. The summed E-state index contributed by atoms with van der Waals surface area (Å²) in [6, 6.07) is 14.3. The fourth-order valence-corrected chi connectivity index (χ4v) is 4.69. The Kier molecular flexibility index (Phi) is 7.71. The smallest absolute Gasteiger partial charge is 0.375 e. The Morgan fingerprint density at radius 2 is 1.86 bits per heavy atom. The zero-order chi connectivity index (χ0) is 25.5. The van der Waals surface area contributed by atoms with Gasteiger partial charge >= 0.3 is 6.19 Å². The lowest BCUT2D eigenvalue weighted by molar-refractivity contribution is 0.311. The Morgan fingerprint density at radius 3 is 2.53 bits per heavy atom. The highest BCUT2D eigenvalue weighted by Gasteiger charge is 2.35. The van der Waals surface area contributed by atoms with E-state index in [4.69, 9.17) is 30.6 Å². The maximum absolute atomic E-state index is 7.36. The van der Waals surface area contributed by atoms with Crippen LogP contribution in [-0.2, 0) is 5.41 Å². The van der Waals surface area contributed by atoms with Gasteiger partial charge in [0.05, 0.1) is 25.1 Å². The molecule has 1 aromatic heterocycles. The van der Waals surface area contributed by atoms with Crippen LogP contribution in [0.1, 0.15) is 18.4 Å². The van der Waals surface area contributed by atoms with Crippen molar-refractivity contribution in [3.05, 3.63) is 52.9 Å². The van der Waals surface area contributed by atoms with Crippen molar-refractivity contribution < 1.29 is 9.47 Å². The highest BCUT2D eigenvalue weighted by molar-refractivity contribution is 5.93. The van der Waals surface area contributed by atoms with Gasteiger partial charge in [-0.3, -0.25) is 5.41 Å². The number of fused-ring (bicyclic) bond motifs is 1. The minimum atomic E-state index is -0.0446. The van der Waals surface area contributed by atoms with Gasteiger partial charge in [-0.25, -0.2) is 4.98 Å². The molecule has 0 amide bonds. The third-order valence-corrected chi connectivity index (χ3v) is 6.52. The molecule has 0 bridgehead atoms. The lowest BCUT2D eigenvalue weighted by Gasteiger charge is -2.41. The number of hydrogen-bond acceptors (Lipinski definition) is 8. The van der Waals surface area contributed by atoms with Gasteiger partial charge in [-0.05, 0) is 37.6 Å². The van der Waals surface area contributed by atoms with Crippen molar-refractivity contribution in [2.24, 2.45) is 5.73 Å². The van der Waals surface area contributed by atoms with E-state index in [1.807, 2.05) is 19.2 Å². The van der Waals surface area contributed by atoms with Gasteiger partial charge in [0.2, 0.25) is 18.3 Å². The number of amidine groups is 1. The van der Waals surface area contributed by atoms with Crippen molar-refractivity contribution in [3.63, 3.8) is 0 Å². The molecule has 0 aliphatic carbocycles. The van der Waals surface area contributed by atoms with Gasteiger partial charge in [0, 0.05) is 25.1 Å². The molecule has 3 aromatic rings. The maximum Gasteiger partial charge on any atom is 0.375 e. The molecule has 4 rings (SSSR count). The average molecular weight is 490 g/mol. The molecule has 2 aromatic carbocycles. The predicted octanol–water partition coefficient (Wildman–Crippen LogP) is 3.04. The van der Waals surface area contributed by atoms with E-state index in [2.05, 4.69) is 56.9 Å². The van der Waals surface area contributed by atoms with Crippen LogP contribution in [0.2, 0.25) is 0 Å². The van der Waals surface area contributed by atoms with Gasteiger partial charge in [0.15, 0.2) is 17.3 Å². The molecule has 0 atom stereocenters. The highest BCUT2D eigenvalue weighted by Crippen LogP contribution is 2.37. The van der Waals surface area contributed by atoms with Crippen molar-refractivity contribution in [1.29, 1.82) is 5.41 Å². The van der Waals surface area contributed by atoms with Gasteiger partial charge in [-0.2, -0.15) is 15.1 Å². The number of ether oxygens (including phenoxy) is 2. The summed E-state index contributed by atoms with van der Waals surface area (Å²) >= 11 is 0. The van der Waals surface area contributed by atoms with Crippen LogP contribution < -0.4 is 30.7 Å². The van der Waals surface area contributed by atoms with E-state index in [0.717, 1.165) is 37.9 Å². The van der Waals surface area contributed by atoms with E-state index >= 15 is 0 Å². The van der Waals surface area contributed by atoms with Crippen LogP contribution >= 0.6 is 0 Å². The standard InChI is InChI=1S/C26H32N8O2/c1-34(16-26(9-11-29-12-10-26)18-7-5-4-6-8-18)25-32-20-14-22(36-3)21(35-2)13-19(20)24(33-25)31-17-30-15-23(27)28/h4-8,13-14,29H,9-12,15-16H2,1-3H3,(H3,27,28)/p+1. The van der Waals surface area contributed by atoms with Gasteiger partial charge in [0.25, 0.3) is 0 Å². The second-order valence-electron chi connectivity index (χ2n) is 8.93. The number of nitrogens with zero attached hydrogens (tertiary/aromatic N) is 4. The van der Waals surface area contributed by atoms with E-state index < -0.39 is 0 Å². The summed E-state index contributed by atoms with van der Waals surface area (Å²) in [6.45, 7) is 2.74. The predicted molar refractivity (Wildman–Crippen MR) is 144 cm³/mol. The van der Waals surface area contributed by atoms with Gasteiger partial charge in [-0.1, -0.05) is 30.3 Å². The summed E-state index contributed by atoms with van der Waals surface area (Å²) in [6.07, 6.45) is 4.79.